The molecule has 5 nitrogen and oxygen atoms in total. The molecule has 0 saturated carbocycles. The first-order chi connectivity index (χ1) is 12.6. The van der Waals surface area contributed by atoms with Gasteiger partial charge in [0.15, 0.2) is 0 Å². The summed E-state index contributed by atoms with van der Waals surface area (Å²) in [6, 6.07) is 6.70. The molecule has 0 bridgehead atoms. The van der Waals surface area contributed by atoms with Crippen molar-refractivity contribution in [1.82, 2.24) is 20.2 Å². The van der Waals surface area contributed by atoms with E-state index in [1.54, 1.807) is 18.6 Å². The summed E-state index contributed by atoms with van der Waals surface area (Å²) < 4.78 is 0. The van der Waals surface area contributed by atoms with E-state index in [9.17, 15) is 4.79 Å². The van der Waals surface area contributed by atoms with E-state index < -0.39 is 0 Å². The van der Waals surface area contributed by atoms with E-state index in [1.165, 1.54) is 36.0 Å². The Balaban J connectivity index is 1.48. The molecular weight excluding hydrogens is 324 g/mol. The van der Waals surface area contributed by atoms with Crippen LogP contribution in [0.1, 0.15) is 48.2 Å². The van der Waals surface area contributed by atoms with Gasteiger partial charge in [-0.15, -0.1) is 0 Å². The molecule has 1 aromatic heterocycles. The highest BCUT2D eigenvalue weighted by Crippen LogP contribution is 2.24. The van der Waals surface area contributed by atoms with E-state index in [-0.39, 0.29) is 11.9 Å². The summed E-state index contributed by atoms with van der Waals surface area (Å²) in [6.07, 6.45) is 10.8. The van der Waals surface area contributed by atoms with Crippen LogP contribution >= 0.6 is 0 Å². The van der Waals surface area contributed by atoms with Crippen molar-refractivity contribution < 1.29 is 4.79 Å². The maximum atomic E-state index is 12.4. The van der Waals surface area contributed by atoms with Gasteiger partial charge in [-0.1, -0.05) is 18.2 Å². The molecule has 5 heteroatoms. The van der Waals surface area contributed by atoms with Crippen molar-refractivity contribution in [2.75, 3.05) is 20.1 Å². The molecule has 0 radical (unpaired) electrons. The highest BCUT2D eigenvalue weighted by molar-refractivity contribution is 5.78. The molecule has 26 heavy (non-hydrogen) atoms. The Kier molecular flexibility index (Phi) is 6.34. The number of nitrogens with zero attached hydrogens (tertiary/aromatic N) is 3. The number of nitrogens with one attached hydrogen (secondary N) is 1. The van der Waals surface area contributed by atoms with Gasteiger partial charge >= 0.3 is 0 Å². The SMILES string of the molecule is C[C@@H](NC(=O)CN(C)CCc1cnccn1)c1ccc2c(c1)CCCC2. The van der Waals surface area contributed by atoms with Gasteiger partial charge in [-0.05, 0) is 56.3 Å². The fraction of sp³-hybridized carbons (Fsp3) is 0.476. The van der Waals surface area contributed by atoms with Gasteiger partial charge in [0.25, 0.3) is 0 Å². The van der Waals surface area contributed by atoms with Crippen LogP contribution in [0.15, 0.2) is 36.8 Å². The number of benzene rings is 1. The molecule has 0 fully saturated rings. The number of rotatable bonds is 7. The van der Waals surface area contributed by atoms with E-state index in [2.05, 4.69) is 40.4 Å². The Labute approximate surface area is 155 Å². The maximum Gasteiger partial charge on any atom is 0.234 e. The van der Waals surface area contributed by atoms with Crippen LogP contribution in [-0.4, -0.2) is 40.9 Å². The molecule has 0 aliphatic heterocycles. The monoisotopic (exact) mass is 352 g/mol. The number of aromatic nitrogens is 2. The zero-order valence-electron chi connectivity index (χ0n) is 15.7. The van der Waals surface area contributed by atoms with Gasteiger partial charge in [-0.2, -0.15) is 0 Å². The Hall–Kier alpha value is -2.27. The highest BCUT2D eigenvalue weighted by Gasteiger charge is 2.15. The first-order valence-corrected chi connectivity index (χ1v) is 9.46. The van der Waals surface area contributed by atoms with Crippen molar-refractivity contribution in [2.45, 2.75) is 45.1 Å². The normalized spacial score (nSPS) is 14.7. The van der Waals surface area contributed by atoms with Gasteiger partial charge < -0.3 is 5.32 Å². The largest absolute Gasteiger partial charge is 0.348 e. The van der Waals surface area contributed by atoms with Crippen molar-refractivity contribution >= 4 is 5.91 Å². The summed E-state index contributed by atoms with van der Waals surface area (Å²) in [5, 5.41) is 3.12. The van der Waals surface area contributed by atoms with Crippen LogP contribution in [0.25, 0.3) is 0 Å². The smallest absolute Gasteiger partial charge is 0.234 e. The minimum atomic E-state index is 0.0307. The minimum absolute atomic E-state index is 0.0307. The molecular formula is C21H28N4O. The molecule has 2 aromatic rings. The van der Waals surface area contributed by atoms with Crippen LogP contribution in [-0.2, 0) is 24.1 Å². The van der Waals surface area contributed by atoms with Crippen molar-refractivity contribution in [3.8, 4) is 0 Å². The van der Waals surface area contributed by atoms with E-state index >= 15 is 0 Å². The predicted octanol–water partition coefficient (Wildman–Crippen LogP) is 2.71. The Bertz CT molecular complexity index is 732. The van der Waals surface area contributed by atoms with Crippen LogP contribution < -0.4 is 5.32 Å². The van der Waals surface area contributed by atoms with Crippen molar-refractivity contribution in [2.24, 2.45) is 0 Å². The van der Waals surface area contributed by atoms with Gasteiger partial charge in [-0.3, -0.25) is 19.7 Å². The quantitative estimate of drug-likeness (QED) is 0.832. The molecule has 0 unspecified atom stereocenters. The average Bonchev–Trinajstić information content (AvgIpc) is 2.66. The third-order valence-corrected chi connectivity index (χ3v) is 5.03. The number of hydrogen-bond acceptors (Lipinski definition) is 4. The van der Waals surface area contributed by atoms with Gasteiger partial charge in [0, 0.05) is 31.6 Å². The third kappa shape index (κ3) is 5.11. The molecule has 1 aliphatic rings. The summed E-state index contributed by atoms with van der Waals surface area (Å²) in [5.41, 5.74) is 5.07. The molecule has 1 amide bonds. The lowest BCUT2D eigenvalue weighted by molar-refractivity contribution is -0.122. The van der Waals surface area contributed by atoms with Crippen molar-refractivity contribution in [3.05, 3.63) is 59.2 Å². The molecule has 1 heterocycles. The van der Waals surface area contributed by atoms with Crippen LogP contribution in [0.5, 0.6) is 0 Å². The molecule has 1 aromatic carbocycles. The lowest BCUT2D eigenvalue weighted by atomic mass is 9.89. The Morgan fingerprint density at radius 1 is 1.23 bits per heavy atom. The zero-order chi connectivity index (χ0) is 18.4. The average molecular weight is 352 g/mol. The van der Waals surface area contributed by atoms with Crippen molar-refractivity contribution in [3.63, 3.8) is 0 Å². The summed E-state index contributed by atoms with van der Waals surface area (Å²) in [6.45, 7) is 3.22. The Morgan fingerprint density at radius 2 is 2.04 bits per heavy atom. The number of likely N-dealkylation sites (N-methyl/N-ethyl adjacent to an activating group) is 1. The van der Waals surface area contributed by atoms with Gasteiger partial charge in [0.2, 0.25) is 5.91 Å². The predicted molar refractivity (Wildman–Crippen MR) is 103 cm³/mol. The minimum Gasteiger partial charge on any atom is -0.348 e. The van der Waals surface area contributed by atoms with E-state index in [4.69, 9.17) is 0 Å². The standard InChI is InChI=1S/C21H28N4O/c1-16(18-8-7-17-5-3-4-6-19(17)13-18)24-21(26)15-25(2)12-9-20-14-22-10-11-23-20/h7-8,10-11,13-14,16H,3-6,9,12,15H2,1-2H3,(H,24,26)/t16-/m1/s1. The lowest BCUT2D eigenvalue weighted by Gasteiger charge is -2.21. The van der Waals surface area contributed by atoms with Gasteiger partial charge in [0.1, 0.15) is 0 Å². The van der Waals surface area contributed by atoms with Crippen LogP contribution in [0.3, 0.4) is 0 Å². The number of aryl methyl sites for hydroxylation is 2. The number of carbonyl (C=O) groups is 1. The van der Waals surface area contributed by atoms with E-state index in [0.29, 0.717) is 6.54 Å². The van der Waals surface area contributed by atoms with Crippen LogP contribution in [0.4, 0.5) is 0 Å². The molecule has 1 atom stereocenters. The first kappa shape index (κ1) is 18.5. The second-order valence-electron chi connectivity index (χ2n) is 7.21. The number of carbonyl (C=O) groups excluding carboxylic acids is 1. The molecule has 1 N–H and O–H groups in total. The third-order valence-electron chi connectivity index (χ3n) is 5.03. The van der Waals surface area contributed by atoms with Crippen LogP contribution in [0, 0.1) is 0 Å². The molecule has 1 aliphatic carbocycles. The van der Waals surface area contributed by atoms with E-state index in [1.807, 2.05) is 11.9 Å². The topological polar surface area (TPSA) is 58.1 Å². The molecule has 0 saturated heterocycles. The molecule has 0 spiro atoms. The Morgan fingerprint density at radius 3 is 2.81 bits per heavy atom. The summed E-state index contributed by atoms with van der Waals surface area (Å²) in [5.74, 6) is 0.0527. The fourth-order valence-corrected chi connectivity index (χ4v) is 3.48. The van der Waals surface area contributed by atoms with Crippen molar-refractivity contribution in [1.29, 1.82) is 0 Å². The number of fused-ring (bicyclic) bond motifs is 1. The number of amides is 1. The summed E-state index contributed by atoms with van der Waals surface area (Å²) in [4.78, 5) is 22.7. The number of hydrogen-bond donors (Lipinski definition) is 1. The molecule has 138 valence electrons. The lowest BCUT2D eigenvalue weighted by Crippen LogP contribution is -2.37. The highest BCUT2D eigenvalue weighted by atomic mass is 16.2. The van der Waals surface area contributed by atoms with Crippen LogP contribution in [0.2, 0.25) is 0 Å². The molecule has 3 rings (SSSR count). The van der Waals surface area contributed by atoms with Gasteiger partial charge in [-0.25, -0.2) is 0 Å². The summed E-state index contributed by atoms with van der Waals surface area (Å²) in [7, 11) is 1.96. The second kappa shape index (κ2) is 8.90. The van der Waals surface area contributed by atoms with E-state index in [0.717, 1.165) is 25.1 Å². The summed E-state index contributed by atoms with van der Waals surface area (Å²) >= 11 is 0. The maximum absolute atomic E-state index is 12.4. The second-order valence-corrected chi connectivity index (χ2v) is 7.21. The van der Waals surface area contributed by atoms with Gasteiger partial charge in [0.05, 0.1) is 18.3 Å². The first-order valence-electron chi connectivity index (χ1n) is 9.46. The fourth-order valence-electron chi connectivity index (χ4n) is 3.48. The zero-order valence-corrected chi connectivity index (χ0v) is 15.7.